The van der Waals surface area contributed by atoms with E-state index in [-0.39, 0.29) is 16.7 Å². The summed E-state index contributed by atoms with van der Waals surface area (Å²) in [5.41, 5.74) is 0.896. The van der Waals surface area contributed by atoms with Gasteiger partial charge in [-0.2, -0.15) is 0 Å². The molecule has 0 atom stereocenters. The Hall–Kier alpha value is -1.42. The fraction of sp³-hybridized carbons (Fsp3) is 0.600. The monoisotopic (exact) mass is 261 g/mol. The predicted octanol–water partition coefficient (Wildman–Crippen LogP) is 1.47. The van der Waals surface area contributed by atoms with Crippen LogP contribution in [0.5, 0.6) is 0 Å². The third-order valence-corrected chi connectivity index (χ3v) is 3.98. The number of aromatic nitrogens is 1. The van der Waals surface area contributed by atoms with Gasteiger partial charge in [0.25, 0.3) is 0 Å². The largest absolute Gasteiger partial charge is 0.355 e. The van der Waals surface area contributed by atoms with Gasteiger partial charge in [-0.1, -0.05) is 19.9 Å². The zero-order chi connectivity index (χ0) is 13.9. The van der Waals surface area contributed by atoms with Crippen molar-refractivity contribution in [1.29, 1.82) is 0 Å². The molecule has 2 N–H and O–H groups in total. The second-order valence-corrected chi connectivity index (χ2v) is 6.12. The Morgan fingerprint density at radius 2 is 2.21 bits per heavy atom. The molecular formula is C15H23N3O. The van der Waals surface area contributed by atoms with E-state index in [0.29, 0.717) is 6.54 Å². The Morgan fingerprint density at radius 3 is 2.74 bits per heavy atom. The molecule has 0 bridgehead atoms. The van der Waals surface area contributed by atoms with Crippen LogP contribution in [0.2, 0.25) is 0 Å². The Kier molecular flexibility index (Phi) is 3.90. The van der Waals surface area contributed by atoms with E-state index in [2.05, 4.69) is 35.5 Å². The van der Waals surface area contributed by atoms with E-state index in [1.165, 1.54) is 0 Å². The van der Waals surface area contributed by atoms with Crippen LogP contribution in [0.1, 0.15) is 32.3 Å². The Labute approximate surface area is 115 Å². The maximum Gasteiger partial charge on any atom is 0.227 e. The minimum Gasteiger partial charge on any atom is -0.355 e. The predicted molar refractivity (Wildman–Crippen MR) is 75.9 cm³/mol. The summed E-state index contributed by atoms with van der Waals surface area (Å²) >= 11 is 0. The van der Waals surface area contributed by atoms with Crippen LogP contribution in [-0.2, 0) is 10.2 Å². The molecule has 1 aliphatic carbocycles. The van der Waals surface area contributed by atoms with E-state index < -0.39 is 0 Å². The van der Waals surface area contributed by atoms with Gasteiger partial charge >= 0.3 is 0 Å². The SMILES string of the molecule is CNCC1(C(=O)NCC(C)(C)c2cccnc2)CC1. The molecule has 1 amide bonds. The van der Waals surface area contributed by atoms with Crippen LogP contribution in [0.4, 0.5) is 0 Å². The molecule has 4 nitrogen and oxygen atoms in total. The summed E-state index contributed by atoms with van der Waals surface area (Å²) < 4.78 is 0. The zero-order valence-electron chi connectivity index (χ0n) is 12.0. The Bertz CT molecular complexity index is 438. The summed E-state index contributed by atoms with van der Waals surface area (Å²) in [6.45, 7) is 5.67. The summed E-state index contributed by atoms with van der Waals surface area (Å²) in [7, 11) is 1.90. The third kappa shape index (κ3) is 3.13. The highest BCUT2D eigenvalue weighted by molar-refractivity contribution is 5.85. The molecule has 2 rings (SSSR count). The van der Waals surface area contributed by atoms with Crippen LogP contribution in [-0.4, -0.2) is 31.0 Å². The molecular weight excluding hydrogens is 238 g/mol. The molecule has 1 heterocycles. The molecule has 4 heteroatoms. The molecule has 1 aromatic rings. The number of carbonyl (C=O) groups is 1. The van der Waals surface area contributed by atoms with E-state index in [9.17, 15) is 4.79 Å². The lowest BCUT2D eigenvalue weighted by Gasteiger charge is -2.26. The Morgan fingerprint density at radius 1 is 1.47 bits per heavy atom. The van der Waals surface area contributed by atoms with Crippen LogP contribution in [0.3, 0.4) is 0 Å². The van der Waals surface area contributed by atoms with Crippen molar-refractivity contribution in [3.05, 3.63) is 30.1 Å². The van der Waals surface area contributed by atoms with E-state index in [0.717, 1.165) is 24.9 Å². The quantitative estimate of drug-likeness (QED) is 0.815. The first kappa shape index (κ1) is 14.0. The van der Waals surface area contributed by atoms with Gasteiger partial charge in [-0.25, -0.2) is 0 Å². The summed E-state index contributed by atoms with van der Waals surface area (Å²) in [6.07, 6.45) is 5.62. The lowest BCUT2D eigenvalue weighted by Crippen LogP contribution is -2.43. The van der Waals surface area contributed by atoms with Crippen molar-refractivity contribution in [1.82, 2.24) is 15.6 Å². The molecule has 0 spiro atoms. The summed E-state index contributed by atoms with van der Waals surface area (Å²) in [4.78, 5) is 16.4. The van der Waals surface area contributed by atoms with Crippen molar-refractivity contribution < 1.29 is 4.79 Å². The second-order valence-electron chi connectivity index (χ2n) is 6.12. The van der Waals surface area contributed by atoms with Crippen molar-refractivity contribution in [2.24, 2.45) is 5.41 Å². The molecule has 0 aromatic carbocycles. The lowest BCUT2D eigenvalue weighted by molar-refractivity contribution is -0.126. The second kappa shape index (κ2) is 5.29. The first-order valence-electron chi connectivity index (χ1n) is 6.84. The smallest absolute Gasteiger partial charge is 0.227 e. The number of hydrogen-bond donors (Lipinski definition) is 2. The van der Waals surface area contributed by atoms with Crippen molar-refractivity contribution in [2.75, 3.05) is 20.1 Å². The van der Waals surface area contributed by atoms with Gasteiger partial charge in [-0.05, 0) is 31.5 Å². The number of amides is 1. The van der Waals surface area contributed by atoms with Gasteiger partial charge in [-0.3, -0.25) is 9.78 Å². The van der Waals surface area contributed by atoms with E-state index >= 15 is 0 Å². The Balaban J connectivity index is 1.93. The van der Waals surface area contributed by atoms with Crippen molar-refractivity contribution in [2.45, 2.75) is 32.1 Å². The molecule has 0 unspecified atom stereocenters. The third-order valence-electron chi connectivity index (χ3n) is 3.98. The van der Waals surface area contributed by atoms with E-state index in [4.69, 9.17) is 0 Å². The van der Waals surface area contributed by atoms with Gasteiger partial charge in [0.05, 0.1) is 5.41 Å². The number of nitrogens with zero attached hydrogens (tertiary/aromatic N) is 1. The molecule has 19 heavy (non-hydrogen) atoms. The van der Waals surface area contributed by atoms with Gasteiger partial charge in [0, 0.05) is 30.9 Å². The normalized spacial score (nSPS) is 17.0. The molecule has 0 radical (unpaired) electrons. The molecule has 1 fully saturated rings. The zero-order valence-corrected chi connectivity index (χ0v) is 12.0. The summed E-state index contributed by atoms with van der Waals surface area (Å²) in [5.74, 6) is 0.179. The highest BCUT2D eigenvalue weighted by Crippen LogP contribution is 2.45. The summed E-state index contributed by atoms with van der Waals surface area (Å²) in [5, 5.41) is 6.21. The average Bonchev–Trinajstić information content (AvgIpc) is 3.18. The molecule has 1 aliphatic rings. The maximum atomic E-state index is 12.2. The minimum absolute atomic E-state index is 0.0976. The number of carbonyl (C=O) groups excluding carboxylic acids is 1. The first-order chi connectivity index (χ1) is 9.00. The van der Waals surface area contributed by atoms with E-state index in [1.807, 2.05) is 19.3 Å². The van der Waals surface area contributed by atoms with Crippen LogP contribution in [0, 0.1) is 5.41 Å². The fourth-order valence-electron chi connectivity index (χ4n) is 2.33. The molecule has 0 saturated heterocycles. The van der Waals surface area contributed by atoms with Crippen molar-refractivity contribution in [3.63, 3.8) is 0 Å². The van der Waals surface area contributed by atoms with Gasteiger partial charge < -0.3 is 10.6 Å². The highest BCUT2D eigenvalue weighted by atomic mass is 16.2. The lowest BCUT2D eigenvalue weighted by atomic mass is 9.85. The number of hydrogen-bond acceptors (Lipinski definition) is 3. The standard InChI is InChI=1S/C15H23N3O/c1-14(2,12-5-4-8-17-9-12)10-18-13(19)15(6-7-15)11-16-3/h4-5,8-9,16H,6-7,10-11H2,1-3H3,(H,18,19). The van der Waals surface area contributed by atoms with Gasteiger partial charge in [0.1, 0.15) is 0 Å². The minimum atomic E-state index is -0.153. The van der Waals surface area contributed by atoms with Gasteiger partial charge in [0.15, 0.2) is 0 Å². The van der Waals surface area contributed by atoms with Crippen LogP contribution < -0.4 is 10.6 Å². The number of rotatable bonds is 6. The topological polar surface area (TPSA) is 54.0 Å². The van der Waals surface area contributed by atoms with Gasteiger partial charge in [0.2, 0.25) is 5.91 Å². The average molecular weight is 261 g/mol. The number of pyridine rings is 1. The molecule has 104 valence electrons. The first-order valence-corrected chi connectivity index (χ1v) is 6.84. The van der Waals surface area contributed by atoms with Crippen LogP contribution in [0.25, 0.3) is 0 Å². The maximum absolute atomic E-state index is 12.2. The molecule has 1 aromatic heterocycles. The van der Waals surface area contributed by atoms with Crippen molar-refractivity contribution >= 4 is 5.91 Å². The van der Waals surface area contributed by atoms with Crippen molar-refractivity contribution in [3.8, 4) is 0 Å². The fourth-order valence-corrected chi connectivity index (χ4v) is 2.33. The highest BCUT2D eigenvalue weighted by Gasteiger charge is 2.49. The molecule has 0 aliphatic heterocycles. The summed E-state index contributed by atoms with van der Waals surface area (Å²) in [6, 6.07) is 3.99. The van der Waals surface area contributed by atoms with Gasteiger partial charge in [-0.15, -0.1) is 0 Å². The van der Waals surface area contributed by atoms with Crippen LogP contribution >= 0.6 is 0 Å². The van der Waals surface area contributed by atoms with E-state index in [1.54, 1.807) is 6.20 Å². The number of nitrogens with one attached hydrogen (secondary N) is 2. The molecule has 1 saturated carbocycles. The van der Waals surface area contributed by atoms with Crippen LogP contribution in [0.15, 0.2) is 24.5 Å².